The second kappa shape index (κ2) is 9.28. The summed E-state index contributed by atoms with van der Waals surface area (Å²) >= 11 is 0. The highest BCUT2D eigenvalue weighted by atomic mass is 19.1. The molecule has 0 bridgehead atoms. The minimum absolute atomic E-state index is 0.157. The molecule has 124 valence electrons. The lowest BCUT2D eigenvalue weighted by Crippen LogP contribution is -2.26. The van der Waals surface area contributed by atoms with Crippen molar-refractivity contribution in [3.05, 3.63) is 72.3 Å². The first-order valence-corrected chi connectivity index (χ1v) is 7.94. The van der Waals surface area contributed by atoms with Crippen LogP contribution in [0.3, 0.4) is 0 Å². The fourth-order valence-corrected chi connectivity index (χ4v) is 2.64. The molecule has 0 aliphatic heterocycles. The van der Waals surface area contributed by atoms with E-state index in [1.165, 1.54) is 11.8 Å². The molecule has 0 atom stereocenters. The van der Waals surface area contributed by atoms with Crippen LogP contribution >= 0.6 is 0 Å². The highest BCUT2D eigenvalue weighted by molar-refractivity contribution is 5.19. The molecule has 0 aliphatic carbocycles. The van der Waals surface area contributed by atoms with Gasteiger partial charge in [-0.2, -0.15) is 0 Å². The van der Waals surface area contributed by atoms with Crippen molar-refractivity contribution < 1.29 is 9.13 Å². The van der Waals surface area contributed by atoms with Gasteiger partial charge >= 0.3 is 0 Å². The Bertz CT molecular complexity index is 609. The van der Waals surface area contributed by atoms with Gasteiger partial charge in [0.1, 0.15) is 5.82 Å². The third-order valence-corrected chi connectivity index (χ3v) is 3.82. The summed E-state index contributed by atoms with van der Waals surface area (Å²) in [5.74, 6) is -0.157. The van der Waals surface area contributed by atoms with Crippen LogP contribution in [0.2, 0.25) is 0 Å². The molecule has 0 spiro atoms. The molecule has 0 fully saturated rings. The van der Waals surface area contributed by atoms with Crippen molar-refractivity contribution in [3.63, 3.8) is 0 Å². The predicted octanol–water partition coefficient (Wildman–Crippen LogP) is 3.70. The van der Waals surface area contributed by atoms with E-state index in [0.29, 0.717) is 12.1 Å². The molecule has 0 saturated carbocycles. The monoisotopic (exact) mass is 316 g/mol. The van der Waals surface area contributed by atoms with Crippen molar-refractivity contribution in [2.24, 2.45) is 0 Å². The molecule has 1 aromatic heterocycles. The third-order valence-electron chi connectivity index (χ3n) is 3.82. The summed E-state index contributed by atoms with van der Waals surface area (Å²) in [7, 11) is 1.72. The van der Waals surface area contributed by atoms with Crippen LogP contribution in [0.1, 0.15) is 17.7 Å². The fraction of sp³-hybridized carbons (Fsp3) is 0.368. The van der Waals surface area contributed by atoms with Crippen LogP contribution in [0.15, 0.2) is 55.3 Å². The van der Waals surface area contributed by atoms with Crippen LogP contribution in [0.5, 0.6) is 0 Å². The lowest BCUT2D eigenvalue weighted by molar-refractivity contribution is 0.173. The summed E-state index contributed by atoms with van der Waals surface area (Å²) in [6, 6.07) is 11.0. The Kier molecular flexibility index (Phi) is 7.04. The van der Waals surface area contributed by atoms with Gasteiger partial charge in [0, 0.05) is 50.8 Å². The molecule has 3 nitrogen and oxygen atoms in total. The van der Waals surface area contributed by atoms with E-state index in [2.05, 4.69) is 22.1 Å². The molecule has 0 radical (unpaired) electrons. The molecule has 4 heteroatoms. The van der Waals surface area contributed by atoms with Crippen molar-refractivity contribution in [3.8, 4) is 0 Å². The van der Waals surface area contributed by atoms with Gasteiger partial charge in [0.2, 0.25) is 0 Å². The average Bonchev–Trinajstić information content (AvgIpc) is 2.97. The van der Waals surface area contributed by atoms with E-state index >= 15 is 0 Å². The Hall–Kier alpha value is -1.91. The maximum Gasteiger partial charge on any atom is 0.128 e. The zero-order valence-corrected chi connectivity index (χ0v) is 13.7. The van der Waals surface area contributed by atoms with E-state index in [4.69, 9.17) is 4.74 Å². The van der Waals surface area contributed by atoms with E-state index in [1.54, 1.807) is 13.2 Å². The molecule has 0 saturated heterocycles. The van der Waals surface area contributed by atoms with Crippen LogP contribution in [0, 0.1) is 5.82 Å². The standard InChI is InChI=1S/C19H25FN2O/c1-3-11-21(12-7-14-23-2)16-18-9-6-13-22(18)15-17-8-4-5-10-19(17)20/h3-6,8-10,13H,1,7,11-12,14-16H2,2H3. The minimum atomic E-state index is -0.157. The summed E-state index contributed by atoms with van der Waals surface area (Å²) in [5.41, 5.74) is 1.88. The third kappa shape index (κ3) is 5.34. The van der Waals surface area contributed by atoms with E-state index in [-0.39, 0.29) is 5.82 Å². The predicted molar refractivity (Wildman–Crippen MR) is 91.9 cm³/mol. The molecular weight excluding hydrogens is 291 g/mol. The second-order valence-electron chi connectivity index (χ2n) is 5.59. The Morgan fingerprint density at radius 2 is 2.09 bits per heavy atom. The summed E-state index contributed by atoms with van der Waals surface area (Å²) in [6.07, 6.45) is 4.90. The number of aromatic nitrogens is 1. The Morgan fingerprint density at radius 1 is 1.26 bits per heavy atom. The van der Waals surface area contributed by atoms with Crippen molar-refractivity contribution in [1.29, 1.82) is 0 Å². The van der Waals surface area contributed by atoms with E-state index in [0.717, 1.165) is 32.7 Å². The smallest absolute Gasteiger partial charge is 0.128 e. The van der Waals surface area contributed by atoms with E-state index in [1.807, 2.05) is 30.5 Å². The summed E-state index contributed by atoms with van der Waals surface area (Å²) < 4.78 is 21.1. The summed E-state index contributed by atoms with van der Waals surface area (Å²) in [6.45, 7) is 7.73. The highest BCUT2D eigenvalue weighted by Crippen LogP contribution is 2.13. The quantitative estimate of drug-likeness (QED) is 0.491. The van der Waals surface area contributed by atoms with Gasteiger partial charge in [0.15, 0.2) is 0 Å². The number of halogens is 1. The maximum absolute atomic E-state index is 13.9. The first kappa shape index (κ1) is 17.4. The fourth-order valence-electron chi connectivity index (χ4n) is 2.64. The van der Waals surface area contributed by atoms with Crippen molar-refractivity contribution in [1.82, 2.24) is 9.47 Å². The van der Waals surface area contributed by atoms with Crippen molar-refractivity contribution in [2.45, 2.75) is 19.5 Å². The molecule has 0 N–H and O–H groups in total. The normalized spacial score (nSPS) is 11.1. The molecule has 1 aromatic carbocycles. The number of benzene rings is 1. The van der Waals surface area contributed by atoms with Crippen LogP contribution in [0.25, 0.3) is 0 Å². The van der Waals surface area contributed by atoms with E-state index in [9.17, 15) is 4.39 Å². The minimum Gasteiger partial charge on any atom is -0.385 e. The second-order valence-corrected chi connectivity index (χ2v) is 5.59. The lowest BCUT2D eigenvalue weighted by Gasteiger charge is -2.21. The number of methoxy groups -OCH3 is 1. The number of rotatable bonds is 10. The van der Waals surface area contributed by atoms with Gasteiger partial charge in [0.25, 0.3) is 0 Å². The molecule has 2 aromatic rings. The zero-order valence-electron chi connectivity index (χ0n) is 13.7. The maximum atomic E-state index is 13.9. The molecule has 0 amide bonds. The number of hydrogen-bond donors (Lipinski definition) is 0. The van der Waals surface area contributed by atoms with Crippen LogP contribution in [-0.4, -0.2) is 36.3 Å². The molecule has 2 rings (SSSR count). The van der Waals surface area contributed by atoms with Gasteiger partial charge in [-0.15, -0.1) is 6.58 Å². The first-order valence-electron chi connectivity index (χ1n) is 7.94. The zero-order chi connectivity index (χ0) is 16.5. The van der Waals surface area contributed by atoms with Gasteiger partial charge in [0.05, 0.1) is 6.54 Å². The van der Waals surface area contributed by atoms with Gasteiger partial charge in [-0.05, 0) is 24.6 Å². The summed E-state index contributed by atoms with van der Waals surface area (Å²) in [5, 5.41) is 0. The van der Waals surface area contributed by atoms with E-state index < -0.39 is 0 Å². The molecule has 1 heterocycles. The van der Waals surface area contributed by atoms with Gasteiger partial charge < -0.3 is 9.30 Å². The number of hydrogen-bond acceptors (Lipinski definition) is 2. The van der Waals surface area contributed by atoms with Crippen molar-refractivity contribution >= 4 is 0 Å². The average molecular weight is 316 g/mol. The Labute approximate surface area is 138 Å². The highest BCUT2D eigenvalue weighted by Gasteiger charge is 2.09. The lowest BCUT2D eigenvalue weighted by atomic mass is 10.2. The van der Waals surface area contributed by atoms with Crippen LogP contribution in [-0.2, 0) is 17.8 Å². The Morgan fingerprint density at radius 3 is 2.83 bits per heavy atom. The van der Waals surface area contributed by atoms with Crippen molar-refractivity contribution in [2.75, 3.05) is 26.8 Å². The molecule has 0 unspecified atom stereocenters. The molecule has 23 heavy (non-hydrogen) atoms. The van der Waals surface area contributed by atoms with Gasteiger partial charge in [-0.25, -0.2) is 4.39 Å². The number of ether oxygens (including phenoxy) is 1. The van der Waals surface area contributed by atoms with Crippen LogP contribution in [0.4, 0.5) is 4.39 Å². The van der Waals surface area contributed by atoms with Gasteiger partial charge in [-0.1, -0.05) is 24.3 Å². The van der Waals surface area contributed by atoms with Gasteiger partial charge in [-0.3, -0.25) is 4.90 Å². The summed E-state index contributed by atoms with van der Waals surface area (Å²) in [4.78, 5) is 2.32. The van der Waals surface area contributed by atoms with Crippen LogP contribution < -0.4 is 0 Å². The molecular formula is C19H25FN2O. The topological polar surface area (TPSA) is 17.4 Å². The molecule has 0 aliphatic rings. The SMILES string of the molecule is C=CCN(CCCOC)Cc1cccn1Cc1ccccc1F. The number of nitrogens with zero attached hydrogens (tertiary/aromatic N) is 2. The largest absolute Gasteiger partial charge is 0.385 e. The first-order chi connectivity index (χ1) is 11.2. The Balaban J connectivity index is 2.04.